The average Bonchev–Trinajstić information content (AvgIpc) is 3.23. The van der Waals surface area contributed by atoms with Gasteiger partial charge < -0.3 is 4.52 Å². The van der Waals surface area contributed by atoms with Gasteiger partial charge in [0.1, 0.15) is 0 Å². The van der Waals surface area contributed by atoms with Gasteiger partial charge in [-0.05, 0) is 37.1 Å². The van der Waals surface area contributed by atoms with Crippen LogP contribution in [0.3, 0.4) is 0 Å². The molecule has 0 atom stereocenters. The molecule has 0 amide bonds. The maximum Gasteiger partial charge on any atom is 0.243 e. The molecule has 6 heteroatoms. The Bertz CT molecular complexity index is 1270. The van der Waals surface area contributed by atoms with E-state index in [-0.39, 0.29) is 18.0 Å². The number of nitrogens with zero attached hydrogens (tertiary/aromatic N) is 2. The Balaban J connectivity index is 1.66. The third-order valence-electron chi connectivity index (χ3n) is 5.13. The summed E-state index contributed by atoms with van der Waals surface area (Å²) in [4.78, 5) is 0.254. The summed E-state index contributed by atoms with van der Waals surface area (Å²) in [6, 6.07) is 25.9. The molecule has 0 radical (unpaired) electrons. The highest BCUT2D eigenvalue weighted by Crippen LogP contribution is 2.27. The van der Waals surface area contributed by atoms with Gasteiger partial charge >= 0.3 is 0 Å². The molecule has 158 valence electrons. The van der Waals surface area contributed by atoms with Gasteiger partial charge in [-0.2, -0.15) is 4.31 Å². The fourth-order valence-corrected chi connectivity index (χ4v) is 4.96. The molecular weight excluding hydrogens is 408 g/mol. The number of hydrogen-bond acceptors (Lipinski definition) is 4. The van der Waals surface area contributed by atoms with E-state index in [1.165, 1.54) is 9.87 Å². The van der Waals surface area contributed by atoms with Gasteiger partial charge in [0, 0.05) is 18.2 Å². The van der Waals surface area contributed by atoms with Crippen LogP contribution < -0.4 is 0 Å². The van der Waals surface area contributed by atoms with Crippen LogP contribution in [0.4, 0.5) is 0 Å². The topological polar surface area (TPSA) is 63.4 Å². The van der Waals surface area contributed by atoms with Crippen LogP contribution in [0.5, 0.6) is 0 Å². The van der Waals surface area contributed by atoms with Crippen molar-refractivity contribution >= 4 is 10.0 Å². The molecule has 0 fully saturated rings. The second-order valence-corrected chi connectivity index (χ2v) is 9.51. The summed E-state index contributed by atoms with van der Waals surface area (Å²) in [6.07, 6.45) is 0. The number of rotatable bonds is 7. The summed E-state index contributed by atoms with van der Waals surface area (Å²) in [5.41, 5.74) is 4.67. The molecule has 5 nitrogen and oxygen atoms in total. The van der Waals surface area contributed by atoms with E-state index in [0.29, 0.717) is 11.5 Å². The number of benzene rings is 3. The lowest BCUT2D eigenvalue weighted by molar-refractivity contribution is 0.372. The summed E-state index contributed by atoms with van der Waals surface area (Å²) in [7, 11) is -3.71. The van der Waals surface area contributed by atoms with E-state index in [1.807, 2.05) is 62.4 Å². The Morgan fingerprint density at radius 3 is 2.19 bits per heavy atom. The molecule has 0 aliphatic heterocycles. The van der Waals surface area contributed by atoms with Gasteiger partial charge in [-0.15, -0.1) is 0 Å². The standard InChI is InChI=1S/C25H24N2O3S/c1-19-13-14-24(20(2)15-19)25-16-22(26-30-25)18-27(17-21-9-5-3-6-10-21)31(28,29)23-11-7-4-8-12-23/h3-16H,17-18H2,1-2H3. The van der Waals surface area contributed by atoms with Crippen LogP contribution >= 0.6 is 0 Å². The predicted molar refractivity (Wildman–Crippen MR) is 121 cm³/mol. The van der Waals surface area contributed by atoms with Crippen molar-refractivity contribution in [2.45, 2.75) is 31.8 Å². The van der Waals surface area contributed by atoms with Crippen molar-refractivity contribution in [1.82, 2.24) is 9.46 Å². The van der Waals surface area contributed by atoms with E-state index in [0.717, 1.165) is 16.7 Å². The SMILES string of the molecule is Cc1ccc(-c2cc(CN(Cc3ccccc3)S(=O)(=O)c3ccccc3)no2)c(C)c1. The summed E-state index contributed by atoms with van der Waals surface area (Å²) in [5, 5.41) is 4.16. The molecule has 0 saturated heterocycles. The smallest absolute Gasteiger partial charge is 0.243 e. The zero-order valence-corrected chi connectivity index (χ0v) is 18.3. The van der Waals surface area contributed by atoms with Crippen LogP contribution in [0.2, 0.25) is 0 Å². The molecule has 0 aliphatic carbocycles. The highest BCUT2D eigenvalue weighted by molar-refractivity contribution is 7.89. The molecule has 31 heavy (non-hydrogen) atoms. The van der Waals surface area contributed by atoms with Crippen LogP contribution in [0.15, 0.2) is 94.3 Å². The third kappa shape index (κ3) is 4.76. The highest BCUT2D eigenvalue weighted by atomic mass is 32.2. The minimum atomic E-state index is -3.71. The van der Waals surface area contributed by atoms with Crippen LogP contribution in [-0.2, 0) is 23.1 Å². The summed E-state index contributed by atoms with van der Waals surface area (Å²) >= 11 is 0. The lowest BCUT2D eigenvalue weighted by atomic mass is 10.0. The molecular formula is C25H24N2O3S. The lowest BCUT2D eigenvalue weighted by Gasteiger charge is -2.21. The van der Waals surface area contributed by atoms with E-state index in [9.17, 15) is 8.42 Å². The Hall–Kier alpha value is -3.22. The molecule has 4 rings (SSSR count). The normalized spacial score (nSPS) is 11.7. The van der Waals surface area contributed by atoms with Crippen molar-refractivity contribution in [3.63, 3.8) is 0 Å². The molecule has 1 heterocycles. The zero-order chi connectivity index (χ0) is 21.8. The van der Waals surface area contributed by atoms with Crippen LogP contribution in [-0.4, -0.2) is 17.9 Å². The fourth-order valence-electron chi connectivity index (χ4n) is 3.54. The predicted octanol–water partition coefficient (Wildman–Crippen LogP) is 5.35. The fraction of sp³-hybridized carbons (Fsp3) is 0.160. The number of aryl methyl sites for hydroxylation is 2. The first-order chi connectivity index (χ1) is 14.9. The van der Waals surface area contributed by atoms with Gasteiger partial charge in [-0.1, -0.05) is 77.5 Å². The maximum absolute atomic E-state index is 13.4. The van der Waals surface area contributed by atoms with Gasteiger partial charge in [0.25, 0.3) is 0 Å². The van der Waals surface area contributed by atoms with Gasteiger partial charge in [-0.25, -0.2) is 8.42 Å². The number of hydrogen-bond donors (Lipinski definition) is 0. The Morgan fingerprint density at radius 1 is 0.839 bits per heavy atom. The van der Waals surface area contributed by atoms with Crippen molar-refractivity contribution in [2.24, 2.45) is 0 Å². The second-order valence-electron chi connectivity index (χ2n) is 7.57. The van der Waals surface area contributed by atoms with Gasteiger partial charge in [0.05, 0.1) is 17.1 Å². The van der Waals surface area contributed by atoms with Crippen LogP contribution in [0, 0.1) is 13.8 Å². The first-order valence-electron chi connectivity index (χ1n) is 10.1. The Labute approximate surface area is 183 Å². The van der Waals surface area contributed by atoms with Crippen molar-refractivity contribution < 1.29 is 12.9 Å². The minimum Gasteiger partial charge on any atom is -0.356 e. The van der Waals surface area contributed by atoms with Crippen molar-refractivity contribution in [2.75, 3.05) is 0 Å². The zero-order valence-electron chi connectivity index (χ0n) is 17.5. The van der Waals surface area contributed by atoms with E-state index < -0.39 is 10.0 Å². The molecule has 3 aromatic carbocycles. The monoisotopic (exact) mass is 432 g/mol. The molecule has 4 aromatic rings. The van der Waals surface area contributed by atoms with E-state index in [1.54, 1.807) is 30.3 Å². The summed E-state index contributed by atoms with van der Waals surface area (Å²) in [5.74, 6) is 0.629. The molecule has 0 unspecified atom stereocenters. The van der Waals surface area contributed by atoms with Crippen LogP contribution in [0.25, 0.3) is 11.3 Å². The molecule has 0 bridgehead atoms. The summed E-state index contributed by atoms with van der Waals surface area (Å²) in [6.45, 7) is 4.41. The first-order valence-corrected chi connectivity index (χ1v) is 11.5. The Kier molecular flexibility index (Phi) is 6.02. The minimum absolute atomic E-state index is 0.112. The van der Waals surface area contributed by atoms with E-state index >= 15 is 0 Å². The third-order valence-corrected chi connectivity index (χ3v) is 6.93. The highest BCUT2D eigenvalue weighted by Gasteiger charge is 2.26. The van der Waals surface area contributed by atoms with Gasteiger partial charge in [0.2, 0.25) is 10.0 Å². The first kappa shape index (κ1) is 21.0. The van der Waals surface area contributed by atoms with Crippen molar-refractivity contribution in [3.8, 4) is 11.3 Å². The molecule has 0 N–H and O–H groups in total. The molecule has 0 saturated carbocycles. The lowest BCUT2D eigenvalue weighted by Crippen LogP contribution is -2.30. The number of sulfonamides is 1. The van der Waals surface area contributed by atoms with Crippen LogP contribution in [0.1, 0.15) is 22.4 Å². The average molecular weight is 433 g/mol. The summed E-state index contributed by atoms with van der Waals surface area (Å²) < 4.78 is 33.8. The molecule has 0 spiro atoms. The quantitative estimate of drug-likeness (QED) is 0.395. The molecule has 1 aromatic heterocycles. The molecule has 0 aliphatic rings. The van der Waals surface area contributed by atoms with Gasteiger partial charge in [-0.3, -0.25) is 0 Å². The van der Waals surface area contributed by atoms with Crippen molar-refractivity contribution in [3.05, 3.63) is 107 Å². The van der Waals surface area contributed by atoms with Gasteiger partial charge in [0.15, 0.2) is 5.76 Å². The van der Waals surface area contributed by atoms with Crippen molar-refractivity contribution in [1.29, 1.82) is 0 Å². The van der Waals surface area contributed by atoms with E-state index in [4.69, 9.17) is 4.52 Å². The number of aromatic nitrogens is 1. The van der Waals surface area contributed by atoms with E-state index in [2.05, 4.69) is 11.2 Å². The Morgan fingerprint density at radius 2 is 1.52 bits per heavy atom. The second kappa shape index (κ2) is 8.88. The maximum atomic E-state index is 13.4. The largest absolute Gasteiger partial charge is 0.356 e.